The van der Waals surface area contributed by atoms with Gasteiger partial charge in [0.1, 0.15) is 17.5 Å². The first kappa shape index (κ1) is 9.80. The summed E-state index contributed by atoms with van der Waals surface area (Å²) in [6.07, 6.45) is 1.38. The molecule has 0 unspecified atom stereocenters. The molecule has 6 nitrogen and oxygen atoms in total. The fraction of sp³-hybridized carbons (Fsp3) is 0.125. The molecule has 6 heteroatoms. The number of pyridine rings is 1. The number of nitrogens with two attached hydrogens (primary N) is 1. The van der Waals surface area contributed by atoms with Gasteiger partial charge in [-0.25, -0.2) is 4.98 Å². The Bertz CT molecular complexity index is 408. The summed E-state index contributed by atoms with van der Waals surface area (Å²) in [5.74, 6) is 0.236. The van der Waals surface area contributed by atoms with Crippen molar-refractivity contribution in [2.45, 2.75) is 0 Å². The minimum atomic E-state index is -0.204. The van der Waals surface area contributed by atoms with Crippen LogP contribution in [0.2, 0.25) is 0 Å². The van der Waals surface area contributed by atoms with Gasteiger partial charge in [-0.1, -0.05) is 5.16 Å². The van der Waals surface area contributed by atoms with Crippen LogP contribution in [0.25, 0.3) is 0 Å². The lowest BCUT2D eigenvalue weighted by Gasteiger charge is -2.03. The summed E-state index contributed by atoms with van der Waals surface area (Å²) in [5, 5.41) is 19.9. The van der Waals surface area contributed by atoms with Crippen molar-refractivity contribution in [3.63, 3.8) is 0 Å². The predicted octanol–water partition coefficient (Wildman–Crippen LogP) is 0.0564. The molecule has 0 saturated carbocycles. The maximum atomic E-state index is 8.75. The molecule has 1 aromatic heterocycles. The molecule has 72 valence electrons. The molecule has 0 aliphatic carbocycles. The van der Waals surface area contributed by atoms with Gasteiger partial charge >= 0.3 is 0 Å². The van der Waals surface area contributed by atoms with Gasteiger partial charge in [0.05, 0.1) is 18.9 Å². The lowest BCUT2D eigenvalue weighted by molar-refractivity contribution is 0.318. The fourth-order valence-electron chi connectivity index (χ4n) is 0.894. The molecule has 1 aromatic rings. The summed E-state index contributed by atoms with van der Waals surface area (Å²) >= 11 is 0. The average Bonchev–Trinajstić information content (AvgIpc) is 2.27. The predicted molar refractivity (Wildman–Crippen MR) is 48.0 cm³/mol. The summed E-state index contributed by atoms with van der Waals surface area (Å²) < 4.78 is 4.87. The molecule has 0 aliphatic rings. The number of nitriles is 1. The summed E-state index contributed by atoms with van der Waals surface area (Å²) in [6, 6.07) is 3.33. The number of rotatable bonds is 2. The highest BCUT2D eigenvalue weighted by Gasteiger charge is 2.09. The van der Waals surface area contributed by atoms with Crippen LogP contribution >= 0.6 is 0 Å². The van der Waals surface area contributed by atoms with Crippen molar-refractivity contribution in [3.8, 4) is 11.8 Å². The lowest BCUT2D eigenvalue weighted by atomic mass is 10.2. The second-order valence-corrected chi connectivity index (χ2v) is 2.37. The molecule has 0 aromatic carbocycles. The molecular formula is C8H8N4O2. The molecule has 0 saturated heterocycles. The van der Waals surface area contributed by atoms with Crippen LogP contribution in [0.4, 0.5) is 0 Å². The molecule has 0 bridgehead atoms. The maximum Gasteiger partial charge on any atom is 0.190 e. The Hall–Kier alpha value is -2.29. The highest BCUT2D eigenvalue weighted by Crippen LogP contribution is 2.13. The van der Waals surface area contributed by atoms with Gasteiger partial charge in [0.25, 0.3) is 0 Å². The van der Waals surface area contributed by atoms with Gasteiger partial charge in [0.2, 0.25) is 0 Å². The van der Waals surface area contributed by atoms with Crippen molar-refractivity contribution in [2.75, 3.05) is 7.11 Å². The van der Waals surface area contributed by atoms with Crippen LogP contribution in [0.1, 0.15) is 11.3 Å². The Morgan fingerprint density at radius 3 is 3.00 bits per heavy atom. The van der Waals surface area contributed by atoms with E-state index in [4.69, 9.17) is 20.9 Å². The number of amidine groups is 1. The number of hydrogen-bond acceptors (Lipinski definition) is 5. The van der Waals surface area contributed by atoms with Gasteiger partial charge in [-0.15, -0.1) is 0 Å². The van der Waals surface area contributed by atoms with E-state index in [2.05, 4.69) is 10.1 Å². The van der Waals surface area contributed by atoms with Crippen LogP contribution in [0.5, 0.6) is 5.75 Å². The first-order valence-corrected chi connectivity index (χ1v) is 3.65. The molecule has 14 heavy (non-hydrogen) atoms. The molecule has 1 rings (SSSR count). The number of methoxy groups -OCH3 is 1. The van der Waals surface area contributed by atoms with Crippen LogP contribution in [0, 0.1) is 11.3 Å². The van der Waals surface area contributed by atoms with Crippen LogP contribution in [-0.2, 0) is 0 Å². The molecule has 0 atom stereocenters. The first-order valence-electron chi connectivity index (χ1n) is 3.65. The van der Waals surface area contributed by atoms with E-state index < -0.39 is 0 Å². The Morgan fingerprint density at radius 2 is 2.50 bits per heavy atom. The number of hydrogen-bond donors (Lipinski definition) is 2. The van der Waals surface area contributed by atoms with Gasteiger partial charge < -0.3 is 15.7 Å². The molecule has 0 aliphatic heterocycles. The van der Waals surface area contributed by atoms with E-state index in [-0.39, 0.29) is 17.1 Å². The van der Waals surface area contributed by atoms with E-state index in [9.17, 15) is 0 Å². The molecule has 3 N–H and O–H groups in total. The standard InChI is InChI=1S/C8H8N4O2/c1-14-6-2-5(3-9)7(11-4-6)8(10)12-13/h2,4,13H,1H3,(H2,10,12). The normalized spacial score (nSPS) is 10.7. The summed E-state index contributed by atoms with van der Waals surface area (Å²) in [6.45, 7) is 0. The molecule has 0 radical (unpaired) electrons. The number of oxime groups is 1. The molecule has 0 spiro atoms. The zero-order valence-corrected chi connectivity index (χ0v) is 7.43. The monoisotopic (exact) mass is 192 g/mol. The quantitative estimate of drug-likeness (QED) is 0.298. The Labute approximate surface area is 80.2 Å². The Kier molecular flexibility index (Phi) is 2.86. The number of nitrogens with zero attached hydrogens (tertiary/aromatic N) is 3. The molecular weight excluding hydrogens is 184 g/mol. The minimum absolute atomic E-state index is 0.135. The van der Waals surface area contributed by atoms with E-state index in [1.807, 2.05) is 6.07 Å². The maximum absolute atomic E-state index is 8.75. The third-order valence-electron chi connectivity index (χ3n) is 1.57. The topological polar surface area (TPSA) is 105 Å². The van der Waals surface area contributed by atoms with E-state index in [1.165, 1.54) is 19.4 Å². The summed E-state index contributed by atoms with van der Waals surface area (Å²) in [4.78, 5) is 3.83. The third-order valence-corrected chi connectivity index (χ3v) is 1.57. The van der Waals surface area contributed by atoms with Crippen molar-refractivity contribution < 1.29 is 9.94 Å². The Balaban J connectivity index is 3.27. The van der Waals surface area contributed by atoms with Crippen LogP contribution < -0.4 is 10.5 Å². The summed E-state index contributed by atoms with van der Waals surface area (Å²) in [7, 11) is 1.46. The van der Waals surface area contributed by atoms with Gasteiger partial charge in [0, 0.05) is 6.07 Å². The van der Waals surface area contributed by atoms with Crippen LogP contribution in [0.15, 0.2) is 17.4 Å². The van der Waals surface area contributed by atoms with Gasteiger partial charge in [-0.2, -0.15) is 5.26 Å². The largest absolute Gasteiger partial charge is 0.495 e. The zero-order chi connectivity index (χ0) is 10.6. The Morgan fingerprint density at radius 1 is 1.79 bits per heavy atom. The molecule has 0 fully saturated rings. The van der Waals surface area contributed by atoms with Crippen molar-refractivity contribution in [3.05, 3.63) is 23.5 Å². The van der Waals surface area contributed by atoms with E-state index >= 15 is 0 Å². The summed E-state index contributed by atoms with van der Waals surface area (Å²) in [5.41, 5.74) is 5.64. The second kappa shape index (κ2) is 4.09. The van der Waals surface area contributed by atoms with E-state index in [0.717, 1.165) is 0 Å². The molecule has 0 amide bonds. The SMILES string of the molecule is COc1cnc(C(N)=NO)c(C#N)c1. The first-order chi connectivity index (χ1) is 6.72. The number of ether oxygens (including phenoxy) is 1. The smallest absolute Gasteiger partial charge is 0.190 e. The van der Waals surface area contributed by atoms with Crippen LogP contribution in [0.3, 0.4) is 0 Å². The van der Waals surface area contributed by atoms with E-state index in [0.29, 0.717) is 5.75 Å². The van der Waals surface area contributed by atoms with Crippen molar-refractivity contribution in [1.82, 2.24) is 4.98 Å². The fourth-order valence-corrected chi connectivity index (χ4v) is 0.894. The highest BCUT2D eigenvalue weighted by molar-refractivity contribution is 5.97. The minimum Gasteiger partial charge on any atom is -0.495 e. The van der Waals surface area contributed by atoms with E-state index in [1.54, 1.807) is 0 Å². The molecule has 1 heterocycles. The number of aromatic nitrogens is 1. The lowest BCUT2D eigenvalue weighted by Crippen LogP contribution is -2.16. The zero-order valence-electron chi connectivity index (χ0n) is 7.43. The average molecular weight is 192 g/mol. The van der Waals surface area contributed by atoms with Crippen molar-refractivity contribution in [1.29, 1.82) is 5.26 Å². The second-order valence-electron chi connectivity index (χ2n) is 2.37. The van der Waals surface area contributed by atoms with Gasteiger partial charge in [0.15, 0.2) is 5.84 Å². The highest BCUT2D eigenvalue weighted by atomic mass is 16.5. The van der Waals surface area contributed by atoms with Crippen molar-refractivity contribution in [2.24, 2.45) is 10.9 Å². The third kappa shape index (κ3) is 1.72. The van der Waals surface area contributed by atoms with Crippen molar-refractivity contribution >= 4 is 5.84 Å². The van der Waals surface area contributed by atoms with Gasteiger partial charge in [-0.3, -0.25) is 0 Å². The van der Waals surface area contributed by atoms with Crippen LogP contribution in [-0.4, -0.2) is 23.1 Å². The van der Waals surface area contributed by atoms with Gasteiger partial charge in [-0.05, 0) is 0 Å².